The molecule has 0 aliphatic carbocycles. The van der Waals surface area contributed by atoms with E-state index >= 15 is 0 Å². The lowest BCUT2D eigenvalue weighted by Crippen LogP contribution is -1.83. The van der Waals surface area contributed by atoms with Gasteiger partial charge in [0.05, 0.1) is 5.69 Å². The zero-order chi connectivity index (χ0) is 12.6. The van der Waals surface area contributed by atoms with Crippen molar-refractivity contribution >= 4 is 6.08 Å². The number of rotatable bonds is 5. The van der Waals surface area contributed by atoms with Crippen molar-refractivity contribution in [1.82, 2.24) is 4.98 Å². The molecule has 0 bridgehead atoms. The van der Waals surface area contributed by atoms with Crippen LogP contribution in [0.3, 0.4) is 0 Å². The van der Waals surface area contributed by atoms with Gasteiger partial charge < -0.3 is 0 Å². The molecule has 1 nitrogen and oxygen atoms in total. The van der Waals surface area contributed by atoms with Gasteiger partial charge in [-0.05, 0) is 18.1 Å². The maximum absolute atomic E-state index is 4.50. The molecule has 0 amide bonds. The summed E-state index contributed by atoms with van der Waals surface area (Å²) in [5, 5.41) is 0. The molecule has 2 aromatic rings. The van der Waals surface area contributed by atoms with Crippen LogP contribution in [0, 0.1) is 0 Å². The van der Waals surface area contributed by atoms with Crippen molar-refractivity contribution in [2.24, 2.45) is 0 Å². The molecule has 0 saturated carbocycles. The van der Waals surface area contributed by atoms with Gasteiger partial charge in [0.15, 0.2) is 0 Å². The second-order valence-electron chi connectivity index (χ2n) is 4.39. The van der Waals surface area contributed by atoms with Crippen LogP contribution in [0.2, 0.25) is 0 Å². The van der Waals surface area contributed by atoms with Crippen molar-refractivity contribution in [2.45, 2.75) is 26.2 Å². The first-order chi connectivity index (χ1) is 8.90. The Morgan fingerprint density at radius 2 is 1.89 bits per heavy atom. The van der Waals surface area contributed by atoms with Gasteiger partial charge in [0, 0.05) is 11.8 Å². The SMILES string of the molecule is CCCCC=Cc1ccc(-c2ccccc2)nc1. The molecular formula is C17H19N. The quantitative estimate of drug-likeness (QED) is 0.670. The summed E-state index contributed by atoms with van der Waals surface area (Å²) in [6.07, 6.45) is 9.96. The zero-order valence-electron chi connectivity index (χ0n) is 10.8. The van der Waals surface area contributed by atoms with Crippen LogP contribution in [0.5, 0.6) is 0 Å². The first-order valence-corrected chi connectivity index (χ1v) is 6.58. The minimum atomic E-state index is 1.03. The fraction of sp³-hybridized carbons (Fsp3) is 0.235. The Hall–Kier alpha value is -1.89. The molecule has 0 radical (unpaired) electrons. The number of hydrogen-bond acceptors (Lipinski definition) is 1. The zero-order valence-corrected chi connectivity index (χ0v) is 10.8. The molecule has 0 unspecified atom stereocenters. The minimum absolute atomic E-state index is 1.03. The van der Waals surface area contributed by atoms with Gasteiger partial charge in [-0.1, -0.05) is 68.3 Å². The number of aromatic nitrogens is 1. The molecule has 18 heavy (non-hydrogen) atoms. The molecule has 92 valence electrons. The Morgan fingerprint density at radius 1 is 1.06 bits per heavy atom. The fourth-order valence-electron chi connectivity index (χ4n) is 1.82. The normalized spacial score (nSPS) is 10.9. The summed E-state index contributed by atoms with van der Waals surface area (Å²) in [5.74, 6) is 0. The van der Waals surface area contributed by atoms with Gasteiger partial charge in [-0.15, -0.1) is 0 Å². The minimum Gasteiger partial charge on any atom is -0.256 e. The molecule has 1 aromatic heterocycles. The molecule has 0 spiro atoms. The van der Waals surface area contributed by atoms with Crippen molar-refractivity contribution in [3.05, 3.63) is 60.3 Å². The van der Waals surface area contributed by atoms with E-state index in [-0.39, 0.29) is 0 Å². The van der Waals surface area contributed by atoms with E-state index in [4.69, 9.17) is 0 Å². The summed E-state index contributed by atoms with van der Waals surface area (Å²) in [5.41, 5.74) is 3.37. The number of allylic oxidation sites excluding steroid dienone is 1. The van der Waals surface area contributed by atoms with E-state index in [2.05, 4.69) is 48.3 Å². The van der Waals surface area contributed by atoms with E-state index in [0.717, 1.165) is 12.1 Å². The molecule has 0 saturated heterocycles. The molecule has 0 aliphatic heterocycles. The van der Waals surface area contributed by atoms with Gasteiger partial charge in [-0.2, -0.15) is 0 Å². The largest absolute Gasteiger partial charge is 0.256 e. The molecule has 1 aromatic carbocycles. The maximum atomic E-state index is 4.50. The Kier molecular flexibility index (Phi) is 4.71. The molecule has 1 heteroatoms. The number of hydrogen-bond donors (Lipinski definition) is 0. The second kappa shape index (κ2) is 6.75. The average Bonchev–Trinajstić information content (AvgIpc) is 2.45. The van der Waals surface area contributed by atoms with Crippen LogP contribution in [0.4, 0.5) is 0 Å². The molecule has 0 N–H and O–H groups in total. The predicted octanol–water partition coefficient (Wildman–Crippen LogP) is 4.95. The maximum Gasteiger partial charge on any atom is 0.0702 e. The van der Waals surface area contributed by atoms with Gasteiger partial charge in [0.2, 0.25) is 0 Å². The van der Waals surface area contributed by atoms with Crippen molar-refractivity contribution < 1.29 is 0 Å². The third kappa shape index (κ3) is 3.56. The highest BCUT2D eigenvalue weighted by atomic mass is 14.7. The molecule has 2 rings (SSSR count). The van der Waals surface area contributed by atoms with Gasteiger partial charge >= 0.3 is 0 Å². The molecule has 1 heterocycles. The van der Waals surface area contributed by atoms with Crippen LogP contribution < -0.4 is 0 Å². The standard InChI is InChI=1S/C17H19N/c1-2-3-4-6-9-15-12-13-17(18-14-15)16-10-7-5-8-11-16/h5-14H,2-4H2,1H3. The molecule has 0 atom stereocenters. The number of benzene rings is 1. The van der Waals surface area contributed by atoms with Crippen LogP contribution in [0.15, 0.2) is 54.7 Å². The van der Waals surface area contributed by atoms with Crippen molar-refractivity contribution in [3.8, 4) is 11.3 Å². The van der Waals surface area contributed by atoms with Crippen LogP contribution in [-0.4, -0.2) is 4.98 Å². The van der Waals surface area contributed by atoms with Crippen LogP contribution in [0.1, 0.15) is 31.7 Å². The van der Waals surface area contributed by atoms with Gasteiger partial charge in [-0.3, -0.25) is 4.98 Å². The highest BCUT2D eigenvalue weighted by molar-refractivity contribution is 5.60. The summed E-state index contributed by atoms with van der Waals surface area (Å²) < 4.78 is 0. The van der Waals surface area contributed by atoms with Gasteiger partial charge in [-0.25, -0.2) is 0 Å². The first-order valence-electron chi connectivity index (χ1n) is 6.58. The van der Waals surface area contributed by atoms with E-state index in [1.807, 2.05) is 24.4 Å². The average molecular weight is 237 g/mol. The summed E-state index contributed by atoms with van der Waals surface area (Å²) in [7, 11) is 0. The summed E-state index contributed by atoms with van der Waals surface area (Å²) in [6, 6.07) is 14.5. The van der Waals surface area contributed by atoms with E-state index in [9.17, 15) is 0 Å². The first kappa shape index (κ1) is 12.6. The van der Waals surface area contributed by atoms with Crippen molar-refractivity contribution in [3.63, 3.8) is 0 Å². The van der Waals surface area contributed by atoms with Crippen molar-refractivity contribution in [2.75, 3.05) is 0 Å². The summed E-state index contributed by atoms with van der Waals surface area (Å²) >= 11 is 0. The van der Waals surface area contributed by atoms with E-state index in [1.165, 1.54) is 24.0 Å². The Balaban J connectivity index is 2.04. The lowest BCUT2D eigenvalue weighted by Gasteiger charge is -2.00. The van der Waals surface area contributed by atoms with Crippen LogP contribution >= 0.6 is 0 Å². The van der Waals surface area contributed by atoms with Crippen LogP contribution in [-0.2, 0) is 0 Å². The topological polar surface area (TPSA) is 12.9 Å². The monoisotopic (exact) mass is 237 g/mol. The predicted molar refractivity (Wildman–Crippen MR) is 78.2 cm³/mol. The summed E-state index contributed by atoms with van der Waals surface area (Å²) in [6.45, 7) is 2.21. The molecule has 0 aliphatic rings. The lowest BCUT2D eigenvalue weighted by molar-refractivity contribution is 0.816. The Bertz CT molecular complexity index is 483. The third-order valence-electron chi connectivity index (χ3n) is 2.89. The van der Waals surface area contributed by atoms with Gasteiger partial charge in [0.25, 0.3) is 0 Å². The highest BCUT2D eigenvalue weighted by Crippen LogP contribution is 2.16. The highest BCUT2D eigenvalue weighted by Gasteiger charge is 1.96. The number of pyridine rings is 1. The van der Waals surface area contributed by atoms with Gasteiger partial charge in [0.1, 0.15) is 0 Å². The number of nitrogens with zero attached hydrogens (tertiary/aromatic N) is 1. The Morgan fingerprint density at radius 3 is 2.56 bits per heavy atom. The Labute approximate surface area is 109 Å². The summed E-state index contributed by atoms with van der Waals surface area (Å²) in [4.78, 5) is 4.50. The second-order valence-corrected chi connectivity index (χ2v) is 4.39. The van der Waals surface area contributed by atoms with E-state index in [1.54, 1.807) is 0 Å². The number of unbranched alkanes of at least 4 members (excludes halogenated alkanes) is 2. The lowest BCUT2D eigenvalue weighted by atomic mass is 10.1. The van der Waals surface area contributed by atoms with E-state index in [0.29, 0.717) is 0 Å². The third-order valence-corrected chi connectivity index (χ3v) is 2.89. The smallest absolute Gasteiger partial charge is 0.0702 e. The van der Waals surface area contributed by atoms with E-state index < -0.39 is 0 Å². The molecular weight excluding hydrogens is 218 g/mol. The van der Waals surface area contributed by atoms with Crippen LogP contribution in [0.25, 0.3) is 17.3 Å². The molecule has 0 fully saturated rings. The van der Waals surface area contributed by atoms with Crippen molar-refractivity contribution in [1.29, 1.82) is 0 Å². The fourth-order valence-corrected chi connectivity index (χ4v) is 1.82.